The van der Waals surface area contributed by atoms with Crippen LogP contribution in [0.2, 0.25) is 0 Å². The van der Waals surface area contributed by atoms with E-state index in [1.165, 1.54) is 0 Å². The third-order valence-corrected chi connectivity index (χ3v) is 5.21. The predicted molar refractivity (Wildman–Crippen MR) is 108 cm³/mol. The Bertz CT molecular complexity index is 956. The lowest BCUT2D eigenvalue weighted by molar-refractivity contribution is -0.137. The van der Waals surface area contributed by atoms with Gasteiger partial charge in [0.25, 0.3) is 0 Å². The summed E-state index contributed by atoms with van der Waals surface area (Å²) in [5, 5.41) is 0. The maximum Gasteiger partial charge on any atom is 0.342 e. The number of carbonyl (C=O) groups excluding carboxylic acids is 2. The summed E-state index contributed by atoms with van der Waals surface area (Å²) in [6, 6.07) is 13.6. The number of hydrogen-bond acceptors (Lipinski definition) is 5. The quantitative estimate of drug-likeness (QED) is 0.604. The average molecular weight is 377 g/mol. The molecule has 0 unspecified atom stereocenters. The van der Waals surface area contributed by atoms with E-state index in [0.29, 0.717) is 24.4 Å². The molecule has 4 rings (SSSR count). The minimum atomic E-state index is -0.560. The number of morpholine rings is 1. The fraction of sp³-hybridized carbons (Fsp3) is 0.304. The second kappa shape index (κ2) is 7.60. The molecule has 0 N–H and O–H groups in total. The number of esters is 1. The SMILES string of the molecule is CCOC(=O)C1=C(c2ccccc2)c2c(C)cc(N3CCOCC3)cc2C1=O. The summed E-state index contributed by atoms with van der Waals surface area (Å²) in [5.41, 5.74) is 5.02. The zero-order valence-electron chi connectivity index (χ0n) is 16.2. The monoisotopic (exact) mass is 377 g/mol. The topological polar surface area (TPSA) is 55.8 Å². The van der Waals surface area contributed by atoms with Crippen molar-refractivity contribution in [3.63, 3.8) is 0 Å². The number of benzene rings is 2. The summed E-state index contributed by atoms with van der Waals surface area (Å²) < 4.78 is 10.7. The van der Waals surface area contributed by atoms with E-state index < -0.39 is 5.97 Å². The van der Waals surface area contributed by atoms with Gasteiger partial charge in [-0.25, -0.2) is 4.79 Å². The van der Waals surface area contributed by atoms with Gasteiger partial charge >= 0.3 is 5.97 Å². The molecule has 5 heteroatoms. The van der Waals surface area contributed by atoms with E-state index in [2.05, 4.69) is 11.0 Å². The first-order valence-corrected chi connectivity index (χ1v) is 9.61. The molecule has 0 spiro atoms. The van der Waals surface area contributed by atoms with Gasteiger partial charge in [-0.3, -0.25) is 4.79 Å². The maximum absolute atomic E-state index is 13.3. The van der Waals surface area contributed by atoms with Gasteiger partial charge in [-0.05, 0) is 42.7 Å². The summed E-state index contributed by atoms with van der Waals surface area (Å²) in [6.45, 7) is 6.89. The minimum absolute atomic E-state index is 0.130. The summed E-state index contributed by atoms with van der Waals surface area (Å²) in [5.74, 6) is -0.819. The average Bonchev–Trinajstić information content (AvgIpc) is 3.03. The second-order valence-corrected chi connectivity index (χ2v) is 6.95. The van der Waals surface area contributed by atoms with Gasteiger partial charge in [0, 0.05) is 29.9 Å². The van der Waals surface area contributed by atoms with Gasteiger partial charge in [0.2, 0.25) is 5.78 Å². The molecule has 0 radical (unpaired) electrons. The third kappa shape index (κ3) is 3.12. The molecule has 2 aromatic carbocycles. The van der Waals surface area contributed by atoms with Gasteiger partial charge in [0.05, 0.1) is 19.8 Å². The van der Waals surface area contributed by atoms with Crippen molar-refractivity contribution in [2.24, 2.45) is 0 Å². The van der Waals surface area contributed by atoms with Crippen LogP contribution in [0.25, 0.3) is 5.57 Å². The maximum atomic E-state index is 13.3. The van der Waals surface area contributed by atoms with Crippen LogP contribution in [0.5, 0.6) is 0 Å². The molecule has 2 aromatic rings. The Morgan fingerprint density at radius 1 is 1.14 bits per heavy atom. The number of aryl methyl sites for hydroxylation is 1. The Hall–Kier alpha value is -2.92. The van der Waals surface area contributed by atoms with Crippen molar-refractivity contribution >= 4 is 23.0 Å². The minimum Gasteiger partial charge on any atom is -0.462 e. The number of anilines is 1. The van der Waals surface area contributed by atoms with Crippen LogP contribution >= 0.6 is 0 Å². The lowest BCUT2D eigenvalue weighted by atomic mass is 9.93. The second-order valence-electron chi connectivity index (χ2n) is 6.95. The molecule has 1 aliphatic carbocycles. The fourth-order valence-corrected chi connectivity index (χ4v) is 3.95. The summed E-state index contributed by atoms with van der Waals surface area (Å²) in [6.07, 6.45) is 0. The number of ketones is 1. The van der Waals surface area contributed by atoms with Gasteiger partial charge in [0.1, 0.15) is 5.57 Å². The van der Waals surface area contributed by atoms with Crippen molar-refractivity contribution < 1.29 is 19.1 Å². The highest BCUT2D eigenvalue weighted by molar-refractivity contribution is 6.35. The molecule has 0 aromatic heterocycles. The van der Waals surface area contributed by atoms with E-state index in [-0.39, 0.29) is 18.0 Å². The van der Waals surface area contributed by atoms with Gasteiger partial charge in [-0.1, -0.05) is 30.3 Å². The molecule has 0 bridgehead atoms. The van der Waals surface area contributed by atoms with E-state index in [9.17, 15) is 9.59 Å². The van der Waals surface area contributed by atoms with Gasteiger partial charge in [-0.2, -0.15) is 0 Å². The van der Waals surface area contributed by atoms with E-state index in [1.54, 1.807) is 6.92 Å². The largest absolute Gasteiger partial charge is 0.462 e. The van der Waals surface area contributed by atoms with Crippen molar-refractivity contribution in [3.05, 3.63) is 70.3 Å². The van der Waals surface area contributed by atoms with Gasteiger partial charge < -0.3 is 14.4 Å². The van der Waals surface area contributed by atoms with Crippen LogP contribution in [-0.4, -0.2) is 44.7 Å². The van der Waals surface area contributed by atoms with Crippen LogP contribution in [0, 0.1) is 6.92 Å². The van der Waals surface area contributed by atoms with Crippen LogP contribution in [0.3, 0.4) is 0 Å². The molecule has 0 saturated carbocycles. The molecule has 1 aliphatic heterocycles. The van der Waals surface area contributed by atoms with Gasteiger partial charge in [0.15, 0.2) is 0 Å². The number of ether oxygens (including phenoxy) is 2. The fourth-order valence-electron chi connectivity index (χ4n) is 3.95. The van der Waals surface area contributed by atoms with Crippen LogP contribution in [0.4, 0.5) is 5.69 Å². The molecule has 1 saturated heterocycles. The first-order chi connectivity index (χ1) is 13.6. The Morgan fingerprint density at radius 2 is 1.86 bits per heavy atom. The highest BCUT2D eigenvalue weighted by atomic mass is 16.5. The zero-order chi connectivity index (χ0) is 19.7. The molecular formula is C23H23NO4. The summed E-state index contributed by atoms with van der Waals surface area (Å²) >= 11 is 0. The number of nitrogens with zero attached hydrogens (tertiary/aromatic N) is 1. The number of hydrogen-bond donors (Lipinski definition) is 0. The van der Waals surface area contributed by atoms with Crippen molar-refractivity contribution in [2.45, 2.75) is 13.8 Å². The molecule has 1 fully saturated rings. The lowest BCUT2D eigenvalue weighted by Crippen LogP contribution is -2.36. The molecule has 144 valence electrons. The molecule has 2 aliphatic rings. The highest BCUT2D eigenvalue weighted by Gasteiger charge is 2.37. The van der Waals surface area contributed by atoms with Gasteiger partial charge in [-0.15, -0.1) is 0 Å². The first kappa shape index (κ1) is 18.4. The molecule has 28 heavy (non-hydrogen) atoms. The number of Topliss-reactive ketones (excluding diaryl/α,β-unsaturated/α-hetero) is 1. The Labute approximate surface area is 164 Å². The van der Waals surface area contributed by atoms with Crippen LogP contribution in [0.15, 0.2) is 48.0 Å². The molecule has 1 heterocycles. The van der Waals surface area contributed by atoms with Crippen molar-refractivity contribution in [1.82, 2.24) is 0 Å². The van der Waals surface area contributed by atoms with E-state index in [1.807, 2.05) is 43.3 Å². The Morgan fingerprint density at radius 3 is 2.54 bits per heavy atom. The first-order valence-electron chi connectivity index (χ1n) is 9.61. The number of rotatable bonds is 4. The van der Waals surface area contributed by atoms with Crippen LogP contribution < -0.4 is 4.90 Å². The predicted octanol–water partition coefficient (Wildman–Crippen LogP) is 3.39. The Balaban J connectivity index is 1.87. The highest BCUT2D eigenvalue weighted by Crippen LogP contribution is 2.41. The van der Waals surface area contributed by atoms with E-state index >= 15 is 0 Å². The summed E-state index contributed by atoms with van der Waals surface area (Å²) in [4.78, 5) is 28.2. The molecular weight excluding hydrogens is 354 g/mol. The smallest absolute Gasteiger partial charge is 0.342 e. The standard InChI is InChI=1S/C23H23NO4/c1-3-28-23(26)21-20(16-7-5-4-6-8-16)19-15(2)13-17(14-18(19)22(21)25)24-9-11-27-12-10-24/h4-8,13-14H,3,9-12H2,1-2H3. The lowest BCUT2D eigenvalue weighted by Gasteiger charge is -2.29. The van der Waals surface area contributed by atoms with Crippen LogP contribution in [0.1, 0.15) is 34.0 Å². The normalized spacial score (nSPS) is 16.4. The Kier molecular flexibility index (Phi) is 5.01. The number of fused-ring (bicyclic) bond motifs is 1. The van der Waals surface area contributed by atoms with Crippen molar-refractivity contribution in [1.29, 1.82) is 0 Å². The molecule has 5 nitrogen and oxygen atoms in total. The van der Waals surface area contributed by atoms with E-state index in [4.69, 9.17) is 9.47 Å². The number of carbonyl (C=O) groups is 2. The van der Waals surface area contributed by atoms with Crippen molar-refractivity contribution in [3.8, 4) is 0 Å². The molecule has 0 amide bonds. The van der Waals surface area contributed by atoms with Crippen molar-refractivity contribution in [2.75, 3.05) is 37.8 Å². The third-order valence-electron chi connectivity index (χ3n) is 5.21. The van der Waals surface area contributed by atoms with E-state index in [0.717, 1.165) is 35.5 Å². The zero-order valence-corrected chi connectivity index (χ0v) is 16.2. The molecule has 0 atom stereocenters. The summed E-state index contributed by atoms with van der Waals surface area (Å²) in [7, 11) is 0. The van der Waals surface area contributed by atoms with Crippen LogP contribution in [-0.2, 0) is 14.3 Å².